The maximum Gasteiger partial charge on any atom is 0.321 e. The first kappa shape index (κ1) is 18.3. The number of amides is 2. The lowest BCUT2D eigenvalue weighted by Crippen LogP contribution is -2.34. The van der Waals surface area contributed by atoms with Gasteiger partial charge in [-0.15, -0.1) is 0 Å². The second-order valence-electron chi connectivity index (χ2n) is 6.69. The minimum atomic E-state index is -0.862. The minimum absolute atomic E-state index is 0.119. The molecule has 2 amide bonds. The lowest BCUT2D eigenvalue weighted by atomic mass is 10.1. The van der Waals surface area contributed by atoms with Crippen molar-refractivity contribution in [3.8, 4) is 5.69 Å². The van der Waals surface area contributed by atoms with Crippen molar-refractivity contribution in [2.24, 2.45) is 5.92 Å². The zero-order valence-corrected chi connectivity index (χ0v) is 15.4. The van der Waals surface area contributed by atoms with Crippen LogP contribution in [0.15, 0.2) is 30.5 Å². The Morgan fingerprint density at radius 3 is 2.58 bits per heavy atom. The molecule has 3 rings (SSSR count). The van der Waals surface area contributed by atoms with Crippen LogP contribution in [0.5, 0.6) is 0 Å². The molecule has 1 aromatic carbocycles. The molecule has 7 nitrogen and oxygen atoms in total. The van der Waals surface area contributed by atoms with Crippen molar-refractivity contribution < 1.29 is 14.7 Å². The van der Waals surface area contributed by atoms with Crippen LogP contribution < -0.4 is 5.32 Å². The maximum absolute atomic E-state index is 12.5. The molecule has 2 heterocycles. The van der Waals surface area contributed by atoms with Crippen LogP contribution in [0.1, 0.15) is 31.9 Å². The van der Waals surface area contributed by atoms with Gasteiger partial charge in [0.25, 0.3) is 0 Å². The number of hydrogen-bond donors (Lipinski definition) is 2. The molecular formula is C18H21ClN4O3. The van der Waals surface area contributed by atoms with Crippen LogP contribution in [0.2, 0.25) is 5.02 Å². The molecule has 0 bridgehead atoms. The van der Waals surface area contributed by atoms with Gasteiger partial charge in [-0.2, -0.15) is 5.10 Å². The van der Waals surface area contributed by atoms with Gasteiger partial charge in [0, 0.05) is 18.1 Å². The fourth-order valence-electron chi connectivity index (χ4n) is 3.14. The van der Waals surface area contributed by atoms with Gasteiger partial charge in [-0.1, -0.05) is 25.4 Å². The molecule has 1 saturated heterocycles. The number of aliphatic carboxylic acids is 1. The fourth-order valence-corrected chi connectivity index (χ4v) is 3.26. The molecule has 0 aliphatic carbocycles. The summed E-state index contributed by atoms with van der Waals surface area (Å²) in [6.45, 7) is 4.71. The highest BCUT2D eigenvalue weighted by Gasteiger charge is 2.31. The summed E-state index contributed by atoms with van der Waals surface area (Å²) >= 11 is 5.95. The zero-order chi connectivity index (χ0) is 18.8. The van der Waals surface area contributed by atoms with Crippen LogP contribution in [0, 0.1) is 5.92 Å². The predicted molar refractivity (Wildman–Crippen MR) is 99.0 cm³/mol. The van der Waals surface area contributed by atoms with E-state index < -0.39 is 11.9 Å². The summed E-state index contributed by atoms with van der Waals surface area (Å²) in [6, 6.07) is 7.01. The summed E-state index contributed by atoms with van der Waals surface area (Å²) in [5.74, 6) is -1.24. The molecule has 1 aliphatic rings. The van der Waals surface area contributed by atoms with Crippen LogP contribution in [-0.4, -0.2) is 44.9 Å². The smallest absolute Gasteiger partial charge is 0.321 e. The number of rotatable bonds is 4. The number of halogens is 1. The number of anilines is 1. The Hall–Kier alpha value is -2.54. The highest BCUT2D eigenvalue weighted by molar-refractivity contribution is 6.30. The maximum atomic E-state index is 12.5. The van der Waals surface area contributed by atoms with Gasteiger partial charge in [-0.05, 0) is 36.6 Å². The highest BCUT2D eigenvalue weighted by atomic mass is 35.5. The van der Waals surface area contributed by atoms with E-state index in [-0.39, 0.29) is 18.5 Å². The van der Waals surface area contributed by atoms with E-state index in [0.717, 1.165) is 11.4 Å². The molecule has 26 heavy (non-hydrogen) atoms. The standard InChI is InChI=1S/C18H21ClN4O3/c1-11(2)16-15(9-20-23(16)14-5-3-13(19)4-6-14)21-18(26)22-8-7-12(10-22)17(24)25/h3-6,9,11-12H,7-8,10H2,1-2H3,(H,21,26)(H,24,25). The Morgan fingerprint density at radius 1 is 1.31 bits per heavy atom. The molecule has 1 fully saturated rings. The lowest BCUT2D eigenvalue weighted by Gasteiger charge is -2.18. The summed E-state index contributed by atoms with van der Waals surface area (Å²) in [6.07, 6.45) is 2.09. The molecular weight excluding hydrogens is 356 g/mol. The third-order valence-corrected chi connectivity index (χ3v) is 4.74. The fraction of sp³-hybridized carbons (Fsp3) is 0.389. The Labute approximate surface area is 156 Å². The van der Waals surface area contributed by atoms with Crippen LogP contribution in [-0.2, 0) is 4.79 Å². The number of hydrogen-bond acceptors (Lipinski definition) is 3. The Kier molecular flexibility index (Phi) is 5.18. The molecule has 2 N–H and O–H groups in total. The molecule has 138 valence electrons. The van der Waals surface area contributed by atoms with Crippen molar-refractivity contribution in [2.75, 3.05) is 18.4 Å². The largest absolute Gasteiger partial charge is 0.481 e. The van der Waals surface area contributed by atoms with Crippen LogP contribution in [0.4, 0.5) is 10.5 Å². The van der Waals surface area contributed by atoms with E-state index >= 15 is 0 Å². The van der Waals surface area contributed by atoms with Crippen LogP contribution in [0.25, 0.3) is 5.69 Å². The molecule has 1 unspecified atom stereocenters. The van der Waals surface area contributed by atoms with Gasteiger partial charge in [-0.25, -0.2) is 9.48 Å². The molecule has 8 heteroatoms. The van der Waals surface area contributed by atoms with Crippen molar-refractivity contribution in [1.82, 2.24) is 14.7 Å². The van der Waals surface area contributed by atoms with Crippen LogP contribution in [0.3, 0.4) is 0 Å². The van der Waals surface area contributed by atoms with E-state index in [1.165, 1.54) is 4.90 Å². The van der Waals surface area contributed by atoms with Crippen molar-refractivity contribution in [3.63, 3.8) is 0 Å². The third kappa shape index (κ3) is 3.67. The van der Waals surface area contributed by atoms with Gasteiger partial charge in [0.2, 0.25) is 0 Å². The number of carbonyl (C=O) groups excluding carboxylic acids is 1. The van der Waals surface area contributed by atoms with E-state index in [1.54, 1.807) is 23.0 Å². The lowest BCUT2D eigenvalue weighted by molar-refractivity contribution is -0.141. The molecule has 0 saturated carbocycles. The van der Waals surface area contributed by atoms with Crippen molar-refractivity contribution in [2.45, 2.75) is 26.2 Å². The van der Waals surface area contributed by atoms with E-state index in [1.807, 2.05) is 26.0 Å². The summed E-state index contributed by atoms with van der Waals surface area (Å²) in [5, 5.41) is 17.0. The van der Waals surface area contributed by atoms with Crippen molar-refractivity contribution >= 4 is 29.3 Å². The van der Waals surface area contributed by atoms with Gasteiger partial charge >= 0.3 is 12.0 Å². The van der Waals surface area contributed by atoms with Gasteiger partial charge in [0.05, 0.1) is 29.2 Å². The second kappa shape index (κ2) is 7.37. The topological polar surface area (TPSA) is 87.5 Å². The SMILES string of the molecule is CC(C)c1c(NC(=O)N2CCC(C(=O)O)C2)cnn1-c1ccc(Cl)cc1. The number of nitrogens with one attached hydrogen (secondary N) is 1. The number of benzene rings is 1. The third-order valence-electron chi connectivity index (χ3n) is 4.49. The molecule has 0 radical (unpaired) electrons. The first-order valence-corrected chi connectivity index (χ1v) is 8.87. The molecule has 1 atom stereocenters. The number of likely N-dealkylation sites (tertiary alicyclic amines) is 1. The minimum Gasteiger partial charge on any atom is -0.481 e. The first-order chi connectivity index (χ1) is 12.4. The quantitative estimate of drug-likeness (QED) is 0.853. The van der Waals surface area contributed by atoms with Gasteiger partial charge in [-0.3, -0.25) is 4.79 Å². The Bertz CT molecular complexity index is 816. The van der Waals surface area contributed by atoms with Gasteiger partial charge in [0.15, 0.2) is 0 Å². The molecule has 2 aromatic rings. The van der Waals surface area contributed by atoms with E-state index in [0.29, 0.717) is 23.7 Å². The summed E-state index contributed by atoms with van der Waals surface area (Å²) in [4.78, 5) is 25.1. The first-order valence-electron chi connectivity index (χ1n) is 8.49. The normalized spacial score (nSPS) is 16.9. The highest BCUT2D eigenvalue weighted by Crippen LogP contribution is 2.28. The van der Waals surface area contributed by atoms with Crippen molar-refractivity contribution in [3.05, 3.63) is 41.2 Å². The van der Waals surface area contributed by atoms with E-state index in [4.69, 9.17) is 16.7 Å². The molecule has 1 aromatic heterocycles. The number of urea groups is 1. The van der Waals surface area contributed by atoms with Gasteiger partial charge in [0.1, 0.15) is 0 Å². The average Bonchev–Trinajstić information content (AvgIpc) is 3.22. The number of nitrogens with zero attached hydrogens (tertiary/aromatic N) is 3. The second-order valence-corrected chi connectivity index (χ2v) is 7.12. The summed E-state index contributed by atoms with van der Waals surface area (Å²) in [5.41, 5.74) is 2.35. The van der Waals surface area contributed by atoms with Crippen LogP contribution >= 0.6 is 11.6 Å². The monoisotopic (exact) mass is 376 g/mol. The van der Waals surface area contributed by atoms with Gasteiger partial charge < -0.3 is 15.3 Å². The average molecular weight is 377 g/mol. The number of carbonyl (C=O) groups is 2. The Morgan fingerprint density at radius 2 is 2.00 bits per heavy atom. The molecule has 1 aliphatic heterocycles. The summed E-state index contributed by atoms with van der Waals surface area (Å²) < 4.78 is 1.78. The Balaban J connectivity index is 1.81. The number of aromatic nitrogens is 2. The molecule has 0 spiro atoms. The van der Waals surface area contributed by atoms with E-state index in [9.17, 15) is 9.59 Å². The zero-order valence-electron chi connectivity index (χ0n) is 14.6. The summed E-state index contributed by atoms with van der Waals surface area (Å²) in [7, 11) is 0. The van der Waals surface area contributed by atoms with Crippen molar-refractivity contribution in [1.29, 1.82) is 0 Å². The predicted octanol–water partition coefficient (Wildman–Crippen LogP) is 3.59. The van der Waals surface area contributed by atoms with E-state index in [2.05, 4.69) is 10.4 Å². The number of carboxylic acid groups (broad SMARTS) is 1. The number of carboxylic acids is 1.